The Balaban J connectivity index is 2.16. The maximum Gasteiger partial charge on any atom is 0.185 e. The van der Waals surface area contributed by atoms with Crippen LogP contribution in [0, 0.1) is 0 Å². The van der Waals surface area contributed by atoms with Gasteiger partial charge in [0.1, 0.15) is 0 Å². The molecule has 1 aromatic rings. The van der Waals surface area contributed by atoms with E-state index in [2.05, 4.69) is 42.8 Å². The number of nitrogens with one attached hydrogen (secondary N) is 1. The van der Waals surface area contributed by atoms with Gasteiger partial charge in [-0.25, -0.2) is 4.98 Å². The third-order valence-corrected chi connectivity index (χ3v) is 5.71. The lowest BCUT2D eigenvalue weighted by Crippen LogP contribution is -2.51. The van der Waals surface area contributed by atoms with E-state index in [-0.39, 0.29) is 0 Å². The van der Waals surface area contributed by atoms with E-state index in [4.69, 9.17) is 4.98 Å². The van der Waals surface area contributed by atoms with Gasteiger partial charge in [0.2, 0.25) is 0 Å². The zero-order valence-corrected chi connectivity index (χ0v) is 15.0. The number of aromatic nitrogens is 1. The van der Waals surface area contributed by atoms with Gasteiger partial charge in [-0.05, 0) is 32.9 Å². The molecule has 0 aliphatic carbocycles. The Bertz CT molecular complexity index is 445. The molecule has 2 heterocycles. The van der Waals surface area contributed by atoms with Crippen molar-refractivity contribution in [1.82, 2.24) is 15.2 Å². The highest BCUT2D eigenvalue weighted by Gasteiger charge is 2.26. The second-order valence-corrected chi connectivity index (χ2v) is 7.13. The molecular formula is C16H30N4S. The fourth-order valence-electron chi connectivity index (χ4n) is 2.99. The molecule has 0 radical (unpaired) electrons. The molecule has 2 unspecified atom stereocenters. The molecule has 1 aromatic heterocycles. The third kappa shape index (κ3) is 3.76. The van der Waals surface area contributed by atoms with Crippen LogP contribution in [0.2, 0.25) is 0 Å². The van der Waals surface area contributed by atoms with E-state index in [0.29, 0.717) is 12.0 Å². The first-order valence-corrected chi connectivity index (χ1v) is 9.05. The first-order valence-electron chi connectivity index (χ1n) is 8.23. The third-order valence-electron chi connectivity index (χ3n) is 4.57. The van der Waals surface area contributed by atoms with Crippen molar-refractivity contribution in [2.24, 2.45) is 0 Å². The lowest BCUT2D eigenvalue weighted by molar-refractivity contribution is 0.199. The van der Waals surface area contributed by atoms with E-state index in [0.717, 1.165) is 39.1 Å². The monoisotopic (exact) mass is 310 g/mol. The molecule has 1 aliphatic rings. The predicted molar refractivity (Wildman–Crippen MR) is 92.5 cm³/mol. The van der Waals surface area contributed by atoms with Crippen LogP contribution in [0.15, 0.2) is 0 Å². The van der Waals surface area contributed by atoms with Gasteiger partial charge in [-0.3, -0.25) is 4.90 Å². The van der Waals surface area contributed by atoms with Gasteiger partial charge in [0, 0.05) is 37.1 Å². The summed E-state index contributed by atoms with van der Waals surface area (Å²) in [6.07, 6.45) is 1.15. The summed E-state index contributed by atoms with van der Waals surface area (Å²) in [4.78, 5) is 11.4. The normalized spacial score (nSPS) is 21.8. The van der Waals surface area contributed by atoms with Gasteiger partial charge < -0.3 is 10.2 Å². The highest BCUT2D eigenvalue weighted by atomic mass is 32.1. The number of anilines is 1. The van der Waals surface area contributed by atoms with Gasteiger partial charge in [-0.2, -0.15) is 0 Å². The van der Waals surface area contributed by atoms with Crippen molar-refractivity contribution in [3.05, 3.63) is 10.6 Å². The van der Waals surface area contributed by atoms with E-state index < -0.39 is 0 Å². The van der Waals surface area contributed by atoms with Crippen molar-refractivity contribution in [1.29, 1.82) is 0 Å². The van der Waals surface area contributed by atoms with Gasteiger partial charge in [0.25, 0.3) is 0 Å². The van der Waals surface area contributed by atoms with Crippen LogP contribution in [0.3, 0.4) is 0 Å². The van der Waals surface area contributed by atoms with Gasteiger partial charge in [-0.15, -0.1) is 11.3 Å². The van der Waals surface area contributed by atoms with Crippen LogP contribution in [-0.4, -0.2) is 49.2 Å². The summed E-state index contributed by atoms with van der Waals surface area (Å²) >= 11 is 1.88. The van der Waals surface area contributed by atoms with Crippen molar-refractivity contribution in [3.8, 4) is 0 Å². The molecule has 21 heavy (non-hydrogen) atoms. The molecule has 120 valence electrons. The van der Waals surface area contributed by atoms with Crippen LogP contribution in [0.25, 0.3) is 0 Å². The van der Waals surface area contributed by atoms with Gasteiger partial charge in [0.15, 0.2) is 5.13 Å². The zero-order valence-electron chi connectivity index (χ0n) is 14.1. The number of rotatable bonds is 6. The zero-order chi connectivity index (χ0) is 15.4. The van der Waals surface area contributed by atoms with Crippen LogP contribution >= 0.6 is 11.3 Å². The van der Waals surface area contributed by atoms with E-state index in [1.54, 1.807) is 0 Å². The molecule has 1 aliphatic heterocycles. The summed E-state index contributed by atoms with van der Waals surface area (Å²) in [6, 6.07) is 0.618. The molecule has 0 amide bonds. The Morgan fingerprint density at radius 1 is 1.38 bits per heavy atom. The molecule has 0 bridgehead atoms. The topological polar surface area (TPSA) is 31.4 Å². The number of thiazole rings is 1. The first kappa shape index (κ1) is 16.7. The van der Waals surface area contributed by atoms with Crippen LogP contribution in [0.4, 0.5) is 5.13 Å². The number of piperazine rings is 1. The van der Waals surface area contributed by atoms with Gasteiger partial charge in [-0.1, -0.05) is 20.8 Å². The minimum Gasteiger partial charge on any atom is -0.345 e. The molecule has 1 N–H and O–H groups in total. The molecule has 0 spiro atoms. The van der Waals surface area contributed by atoms with E-state index >= 15 is 0 Å². The largest absolute Gasteiger partial charge is 0.345 e. The molecule has 2 rings (SSSR count). The Morgan fingerprint density at radius 3 is 2.71 bits per heavy atom. The van der Waals surface area contributed by atoms with E-state index in [1.165, 1.54) is 15.7 Å². The summed E-state index contributed by atoms with van der Waals surface area (Å²) in [6.45, 7) is 14.5. The SMILES string of the molecule is CCC(C)c1nc(N2CCN(CC)C(C)C2)sc1CNC. The molecule has 2 atom stereocenters. The lowest BCUT2D eigenvalue weighted by Gasteiger charge is -2.39. The second-order valence-electron chi connectivity index (χ2n) is 6.07. The molecule has 0 saturated carbocycles. The predicted octanol–water partition coefficient (Wildman–Crippen LogP) is 2.91. The van der Waals surface area contributed by atoms with Crippen LogP contribution in [0.1, 0.15) is 50.6 Å². The summed E-state index contributed by atoms with van der Waals surface area (Å²) in [5, 5.41) is 4.51. The quantitative estimate of drug-likeness (QED) is 0.875. The first-order chi connectivity index (χ1) is 10.1. The van der Waals surface area contributed by atoms with Crippen molar-refractivity contribution in [2.45, 2.75) is 52.6 Å². The lowest BCUT2D eigenvalue weighted by atomic mass is 10.0. The molecule has 0 aromatic carbocycles. The second kappa shape index (κ2) is 7.56. The summed E-state index contributed by atoms with van der Waals surface area (Å²) < 4.78 is 0. The highest BCUT2D eigenvalue weighted by molar-refractivity contribution is 7.15. The summed E-state index contributed by atoms with van der Waals surface area (Å²) in [5.74, 6) is 0.549. The molecular weight excluding hydrogens is 280 g/mol. The Kier molecular flexibility index (Phi) is 6.02. The molecule has 1 fully saturated rings. The highest BCUT2D eigenvalue weighted by Crippen LogP contribution is 2.33. The van der Waals surface area contributed by atoms with Crippen molar-refractivity contribution in [2.75, 3.05) is 38.1 Å². The van der Waals surface area contributed by atoms with Crippen molar-refractivity contribution < 1.29 is 0 Å². The Labute approximate surface area is 133 Å². The van der Waals surface area contributed by atoms with Crippen LogP contribution in [0.5, 0.6) is 0 Å². The Morgan fingerprint density at radius 2 is 2.14 bits per heavy atom. The van der Waals surface area contributed by atoms with E-state index in [1.807, 2.05) is 18.4 Å². The van der Waals surface area contributed by atoms with Gasteiger partial charge >= 0.3 is 0 Å². The molecule has 5 heteroatoms. The number of hydrogen-bond donors (Lipinski definition) is 1. The summed E-state index contributed by atoms with van der Waals surface area (Å²) in [5.41, 5.74) is 1.30. The number of nitrogens with zero attached hydrogens (tertiary/aromatic N) is 3. The van der Waals surface area contributed by atoms with E-state index in [9.17, 15) is 0 Å². The fourth-order valence-corrected chi connectivity index (χ4v) is 4.22. The van der Waals surface area contributed by atoms with Crippen LogP contribution in [-0.2, 0) is 6.54 Å². The van der Waals surface area contributed by atoms with Crippen molar-refractivity contribution in [3.63, 3.8) is 0 Å². The summed E-state index contributed by atoms with van der Waals surface area (Å²) in [7, 11) is 2.02. The maximum absolute atomic E-state index is 4.99. The average Bonchev–Trinajstić information content (AvgIpc) is 2.91. The fraction of sp³-hybridized carbons (Fsp3) is 0.812. The molecule has 1 saturated heterocycles. The standard InChI is InChI=1S/C16H30N4S/c1-6-12(3)15-14(10-17-5)21-16(18-15)20-9-8-19(7-2)13(4)11-20/h12-13,17H,6-11H2,1-5H3. The van der Waals surface area contributed by atoms with Crippen molar-refractivity contribution >= 4 is 16.5 Å². The smallest absolute Gasteiger partial charge is 0.185 e. The Hall–Kier alpha value is -0.650. The minimum atomic E-state index is 0.549. The number of hydrogen-bond acceptors (Lipinski definition) is 5. The van der Waals surface area contributed by atoms with Gasteiger partial charge in [0.05, 0.1) is 5.69 Å². The minimum absolute atomic E-state index is 0.549. The van der Waals surface area contributed by atoms with Crippen LogP contribution < -0.4 is 10.2 Å². The molecule has 4 nitrogen and oxygen atoms in total. The number of likely N-dealkylation sites (N-methyl/N-ethyl adjacent to an activating group) is 1. The maximum atomic E-state index is 4.99. The average molecular weight is 311 g/mol.